The second kappa shape index (κ2) is 6.88. The van der Waals surface area contributed by atoms with Gasteiger partial charge < -0.3 is 9.13 Å². The summed E-state index contributed by atoms with van der Waals surface area (Å²) < 4.78 is 4.77. The second-order valence-electron chi connectivity index (χ2n) is 8.76. The first-order chi connectivity index (χ1) is 16.3. The van der Waals surface area contributed by atoms with Gasteiger partial charge in [-0.1, -0.05) is 72.2 Å². The minimum Gasteiger partial charge on any atom is -0.309 e. The van der Waals surface area contributed by atoms with E-state index in [4.69, 9.17) is 0 Å². The van der Waals surface area contributed by atoms with Crippen LogP contribution in [0.1, 0.15) is 0 Å². The van der Waals surface area contributed by atoms with Crippen LogP contribution in [-0.4, -0.2) is 17.0 Å². The molecule has 3 heteroatoms. The normalized spacial score (nSPS) is 11.8. The summed E-state index contributed by atoms with van der Waals surface area (Å²) in [6.07, 6.45) is 0. The average molecular weight is 420 g/mol. The third-order valence-corrected chi connectivity index (χ3v) is 6.76. The van der Waals surface area contributed by atoms with Crippen LogP contribution in [0.5, 0.6) is 0 Å². The lowest BCUT2D eigenvalue weighted by atomic mass is 9.94. The van der Waals surface area contributed by atoms with Crippen LogP contribution in [0.15, 0.2) is 115 Å². The first kappa shape index (κ1) is 18.3. The lowest BCUT2D eigenvalue weighted by Crippen LogP contribution is -2.00. The van der Waals surface area contributed by atoms with Gasteiger partial charge in [-0.15, -0.1) is 0 Å². The van der Waals surface area contributed by atoms with E-state index in [1.807, 2.05) is 0 Å². The summed E-state index contributed by atoms with van der Waals surface area (Å²) in [5.74, 6) is 0. The lowest BCUT2D eigenvalue weighted by molar-refractivity contribution is 1.17. The zero-order valence-corrected chi connectivity index (χ0v) is 18.4. The molecule has 0 radical (unpaired) electrons. The molecule has 0 N–H and O–H groups in total. The summed E-state index contributed by atoms with van der Waals surface area (Å²) in [4.78, 5) is 0. The van der Waals surface area contributed by atoms with Crippen LogP contribution in [-0.2, 0) is 0 Å². The van der Waals surface area contributed by atoms with Crippen molar-refractivity contribution >= 4 is 56.9 Å². The third-order valence-electron chi connectivity index (χ3n) is 6.76. The summed E-state index contributed by atoms with van der Waals surface area (Å²) in [7, 11) is 2.16. The van der Waals surface area contributed by atoms with E-state index in [2.05, 4.69) is 132 Å². The zero-order valence-electron chi connectivity index (χ0n) is 18.4. The molecule has 0 bridgehead atoms. The van der Waals surface area contributed by atoms with Crippen molar-refractivity contribution in [2.45, 2.75) is 0 Å². The van der Waals surface area contributed by atoms with Gasteiger partial charge in [-0.25, -0.2) is 0 Å². The van der Waals surface area contributed by atoms with Crippen molar-refractivity contribution in [3.8, 4) is 11.4 Å². The van der Waals surface area contributed by atoms with Crippen LogP contribution in [0.3, 0.4) is 0 Å². The Labute approximate surface area is 192 Å². The Morgan fingerprint density at radius 3 is 1.61 bits per heavy atom. The molecule has 2 heterocycles. The molecule has 0 amide bonds. The minimum absolute atomic E-state index is 1.18. The van der Waals surface area contributed by atoms with Crippen LogP contribution in [0, 0.1) is 0 Å². The molecule has 0 fully saturated rings. The molecular formula is C30H21BN2. The highest BCUT2D eigenvalue weighted by Gasteiger charge is 2.16. The fraction of sp³-hybridized carbons (Fsp3) is 0. The van der Waals surface area contributed by atoms with E-state index in [9.17, 15) is 0 Å². The smallest absolute Gasteiger partial charge is 0.139 e. The van der Waals surface area contributed by atoms with E-state index in [-0.39, 0.29) is 0 Å². The molecule has 2 aromatic heterocycles. The summed E-state index contributed by atoms with van der Waals surface area (Å²) in [6, 6.07) is 41.7. The lowest BCUT2D eigenvalue weighted by Gasteiger charge is -2.10. The Morgan fingerprint density at radius 2 is 0.909 bits per heavy atom. The highest BCUT2D eigenvalue weighted by Crippen LogP contribution is 2.36. The molecule has 33 heavy (non-hydrogen) atoms. The largest absolute Gasteiger partial charge is 0.309 e. The first-order valence-electron chi connectivity index (χ1n) is 11.4. The number of hydrogen-bond acceptors (Lipinski definition) is 0. The molecule has 0 aliphatic carbocycles. The van der Waals surface area contributed by atoms with Gasteiger partial charge in [0.15, 0.2) is 0 Å². The Balaban J connectivity index is 1.58. The molecule has 0 saturated heterocycles. The van der Waals surface area contributed by atoms with E-state index in [0.29, 0.717) is 0 Å². The molecule has 0 aliphatic heterocycles. The molecular weight excluding hydrogens is 399 g/mol. The maximum atomic E-state index is 2.40. The van der Waals surface area contributed by atoms with Crippen molar-refractivity contribution in [1.82, 2.24) is 9.13 Å². The van der Waals surface area contributed by atoms with E-state index in [0.717, 1.165) is 0 Å². The van der Waals surface area contributed by atoms with Crippen molar-refractivity contribution in [1.29, 1.82) is 0 Å². The number of rotatable bonds is 2. The zero-order chi connectivity index (χ0) is 21.9. The molecule has 0 atom stereocenters. The predicted molar refractivity (Wildman–Crippen MR) is 143 cm³/mol. The van der Waals surface area contributed by atoms with Crippen LogP contribution in [0.2, 0.25) is 0 Å². The Hall–Kier alpha value is -4.24. The van der Waals surface area contributed by atoms with Crippen LogP contribution >= 0.6 is 0 Å². The van der Waals surface area contributed by atoms with E-state index in [1.165, 1.54) is 60.4 Å². The van der Waals surface area contributed by atoms with Gasteiger partial charge in [0.05, 0.1) is 22.1 Å². The number of nitrogens with zero attached hydrogens (tertiary/aromatic N) is 2. The number of benzene rings is 5. The van der Waals surface area contributed by atoms with E-state index in [1.54, 1.807) is 0 Å². The fourth-order valence-corrected chi connectivity index (χ4v) is 5.32. The average Bonchev–Trinajstić information content (AvgIpc) is 3.37. The summed E-state index contributed by atoms with van der Waals surface area (Å²) in [6.45, 7) is 0. The minimum atomic E-state index is 1.18. The number of hydrogen-bond donors (Lipinski definition) is 0. The summed E-state index contributed by atoms with van der Waals surface area (Å²) >= 11 is 0. The molecule has 7 aromatic rings. The molecule has 0 saturated carbocycles. The highest BCUT2D eigenvalue weighted by atomic mass is 15.0. The van der Waals surface area contributed by atoms with E-state index >= 15 is 0 Å². The molecule has 154 valence electrons. The Morgan fingerprint density at radius 1 is 0.394 bits per heavy atom. The van der Waals surface area contributed by atoms with Gasteiger partial charge in [0.25, 0.3) is 0 Å². The molecule has 2 nitrogen and oxygen atoms in total. The van der Waals surface area contributed by atoms with E-state index < -0.39 is 0 Å². The van der Waals surface area contributed by atoms with Gasteiger partial charge in [-0.2, -0.15) is 0 Å². The SMILES string of the molecule is Bc1ccc2c(c1)c1ccccc1n2-c1ccc2c(c1)c1ccccc1n2-c1ccccc1. The van der Waals surface area contributed by atoms with Crippen LogP contribution in [0.4, 0.5) is 0 Å². The predicted octanol–water partition coefficient (Wildman–Crippen LogP) is 6.14. The maximum Gasteiger partial charge on any atom is 0.139 e. The van der Waals surface area contributed by atoms with Crippen LogP contribution in [0.25, 0.3) is 55.0 Å². The van der Waals surface area contributed by atoms with Gasteiger partial charge in [0.2, 0.25) is 0 Å². The van der Waals surface area contributed by atoms with Crippen molar-refractivity contribution in [3.63, 3.8) is 0 Å². The summed E-state index contributed by atoms with van der Waals surface area (Å²) in [5.41, 5.74) is 8.60. The van der Waals surface area contributed by atoms with Crippen molar-refractivity contribution < 1.29 is 0 Å². The molecule has 7 rings (SSSR count). The van der Waals surface area contributed by atoms with Gasteiger partial charge in [0, 0.05) is 32.9 Å². The fourth-order valence-electron chi connectivity index (χ4n) is 5.32. The summed E-state index contributed by atoms with van der Waals surface area (Å²) in [5, 5.41) is 5.14. The van der Waals surface area contributed by atoms with Gasteiger partial charge in [0.1, 0.15) is 7.85 Å². The number of aromatic nitrogens is 2. The molecule has 5 aromatic carbocycles. The van der Waals surface area contributed by atoms with Crippen LogP contribution < -0.4 is 5.46 Å². The first-order valence-corrected chi connectivity index (χ1v) is 11.4. The topological polar surface area (TPSA) is 9.86 Å². The number of para-hydroxylation sites is 3. The van der Waals surface area contributed by atoms with Crippen molar-refractivity contribution in [3.05, 3.63) is 115 Å². The third kappa shape index (κ3) is 2.63. The molecule has 0 spiro atoms. The van der Waals surface area contributed by atoms with Crippen molar-refractivity contribution in [2.75, 3.05) is 0 Å². The highest BCUT2D eigenvalue weighted by molar-refractivity contribution is 6.34. The Kier molecular flexibility index (Phi) is 3.83. The maximum absolute atomic E-state index is 2.40. The van der Waals surface area contributed by atoms with Crippen molar-refractivity contribution in [2.24, 2.45) is 0 Å². The number of fused-ring (bicyclic) bond motifs is 6. The Bertz CT molecular complexity index is 1820. The molecule has 0 aliphatic rings. The van der Waals surface area contributed by atoms with Gasteiger partial charge in [-0.05, 0) is 48.5 Å². The quantitative estimate of drug-likeness (QED) is 0.298. The van der Waals surface area contributed by atoms with Gasteiger partial charge >= 0.3 is 0 Å². The van der Waals surface area contributed by atoms with Gasteiger partial charge in [-0.3, -0.25) is 0 Å². The monoisotopic (exact) mass is 420 g/mol. The second-order valence-corrected chi connectivity index (χ2v) is 8.76. The standard InChI is InChI=1S/C30H21BN2/c31-20-14-16-29-25(18-20)23-10-4-7-13-28(23)33(29)22-15-17-30-26(19-22)24-11-5-6-12-27(24)32(30)21-8-2-1-3-9-21/h1-19H,31H2. The molecule has 0 unspecified atom stereocenters.